The summed E-state index contributed by atoms with van der Waals surface area (Å²) in [5.74, 6) is 0.956. The van der Waals surface area contributed by atoms with Crippen LogP contribution in [0.25, 0.3) is 0 Å². The van der Waals surface area contributed by atoms with Gasteiger partial charge in [0.2, 0.25) is 0 Å². The van der Waals surface area contributed by atoms with E-state index in [9.17, 15) is 4.79 Å². The second-order valence-corrected chi connectivity index (χ2v) is 5.07. The summed E-state index contributed by atoms with van der Waals surface area (Å²) in [4.78, 5) is 12.4. The standard InChI is InChI=1S/C17H17NO3/c1-20-13-8-11-12(9-14(13)21-2)17(19)16(18)15(11)10-6-4-3-5-7-10/h3-9,15-16H,18H2,1-2H3/t15-,16+/m0/s1. The molecule has 108 valence electrons. The zero-order chi connectivity index (χ0) is 15.0. The smallest absolute Gasteiger partial charge is 0.180 e. The van der Waals surface area contributed by atoms with Gasteiger partial charge in [-0.2, -0.15) is 0 Å². The maximum Gasteiger partial charge on any atom is 0.180 e. The Morgan fingerprint density at radius 3 is 2.24 bits per heavy atom. The Kier molecular flexibility index (Phi) is 3.39. The molecule has 0 aromatic heterocycles. The number of benzene rings is 2. The van der Waals surface area contributed by atoms with Crippen molar-refractivity contribution in [2.75, 3.05) is 14.2 Å². The number of nitrogens with two attached hydrogens (primary N) is 1. The van der Waals surface area contributed by atoms with Gasteiger partial charge in [0, 0.05) is 11.5 Å². The molecule has 0 fully saturated rings. The second kappa shape index (κ2) is 5.22. The van der Waals surface area contributed by atoms with E-state index in [1.165, 1.54) is 0 Å². The lowest BCUT2D eigenvalue weighted by atomic mass is 9.90. The highest BCUT2D eigenvalue weighted by Gasteiger charge is 2.39. The minimum Gasteiger partial charge on any atom is -0.493 e. The fourth-order valence-corrected chi connectivity index (χ4v) is 2.94. The molecule has 1 aliphatic rings. The molecule has 0 bridgehead atoms. The van der Waals surface area contributed by atoms with Gasteiger partial charge in [0.1, 0.15) is 0 Å². The maximum atomic E-state index is 12.4. The molecular formula is C17H17NO3. The number of methoxy groups -OCH3 is 2. The first-order valence-electron chi connectivity index (χ1n) is 6.78. The fraction of sp³-hybridized carbons (Fsp3) is 0.235. The van der Waals surface area contributed by atoms with Gasteiger partial charge < -0.3 is 15.2 Å². The molecule has 4 nitrogen and oxygen atoms in total. The van der Waals surface area contributed by atoms with Crippen molar-refractivity contribution >= 4 is 5.78 Å². The average molecular weight is 283 g/mol. The lowest BCUT2D eigenvalue weighted by molar-refractivity contribution is 0.0970. The number of fused-ring (bicyclic) bond motifs is 1. The van der Waals surface area contributed by atoms with Crippen LogP contribution in [0.15, 0.2) is 42.5 Å². The van der Waals surface area contributed by atoms with Crippen molar-refractivity contribution in [3.05, 3.63) is 59.2 Å². The third-order valence-corrected chi connectivity index (χ3v) is 3.98. The SMILES string of the molecule is COc1cc2c(cc1OC)[C@H](c1ccccc1)[C@@H](N)C2=O. The fourth-order valence-electron chi connectivity index (χ4n) is 2.94. The van der Waals surface area contributed by atoms with E-state index in [0.29, 0.717) is 17.1 Å². The minimum atomic E-state index is -0.570. The summed E-state index contributed by atoms with van der Waals surface area (Å²) in [5.41, 5.74) is 8.71. The number of carbonyl (C=O) groups is 1. The Labute approximate surface area is 123 Å². The van der Waals surface area contributed by atoms with Gasteiger partial charge in [-0.15, -0.1) is 0 Å². The number of hydrogen-bond donors (Lipinski definition) is 1. The predicted octanol–water partition coefficient (Wildman–Crippen LogP) is 2.36. The number of carbonyl (C=O) groups excluding carboxylic acids is 1. The molecule has 0 saturated heterocycles. The zero-order valence-electron chi connectivity index (χ0n) is 12.0. The van der Waals surface area contributed by atoms with E-state index in [2.05, 4.69) is 0 Å². The van der Waals surface area contributed by atoms with Crippen molar-refractivity contribution in [1.29, 1.82) is 0 Å². The summed E-state index contributed by atoms with van der Waals surface area (Å²) in [6.07, 6.45) is 0. The van der Waals surface area contributed by atoms with Gasteiger partial charge in [0.05, 0.1) is 20.3 Å². The monoisotopic (exact) mass is 283 g/mol. The summed E-state index contributed by atoms with van der Waals surface area (Å²) < 4.78 is 10.6. The highest BCUT2D eigenvalue weighted by molar-refractivity contribution is 6.06. The van der Waals surface area contributed by atoms with Gasteiger partial charge in [-0.05, 0) is 23.3 Å². The number of rotatable bonds is 3. The van der Waals surface area contributed by atoms with E-state index in [1.807, 2.05) is 36.4 Å². The van der Waals surface area contributed by atoms with Crippen LogP contribution in [-0.4, -0.2) is 26.0 Å². The predicted molar refractivity (Wildman–Crippen MR) is 80.1 cm³/mol. The molecule has 0 spiro atoms. The van der Waals surface area contributed by atoms with E-state index in [0.717, 1.165) is 11.1 Å². The summed E-state index contributed by atoms with van der Waals surface area (Å²) in [6, 6.07) is 12.8. The molecule has 3 rings (SSSR count). The number of ether oxygens (including phenoxy) is 2. The molecule has 2 aromatic carbocycles. The number of ketones is 1. The summed E-state index contributed by atoms with van der Waals surface area (Å²) in [5, 5.41) is 0. The molecule has 0 radical (unpaired) electrons. The molecule has 21 heavy (non-hydrogen) atoms. The van der Waals surface area contributed by atoms with E-state index in [-0.39, 0.29) is 11.7 Å². The molecule has 0 aliphatic heterocycles. The molecule has 0 heterocycles. The van der Waals surface area contributed by atoms with Crippen molar-refractivity contribution < 1.29 is 14.3 Å². The molecule has 4 heteroatoms. The Morgan fingerprint density at radius 2 is 1.62 bits per heavy atom. The third-order valence-electron chi connectivity index (χ3n) is 3.98. The average Bonchev–Trinajstić information content (AvgIpc) is 2.78. The Morgan fingerprint density at radius 1 is 1.00 bits per heavy atom. The van der Waals surface area contributed by atoms with Crippen LogP contribution < -0.4 is 15.2 Å². The van der Waals surface area contributed by atoms with Gasteiger partial charge in [-0.3, -0.25) is 4.79 Å². The van der Waals surface area contributed by atoms with Crippen LogP contribution >= 0.6 is 0 Å². The molecular weight excluding hydrogens is 266 g/mol. The molecule has 1 aliphatic carbocycles. The van der Waals surface area contributed by atoms with Crippen LogP contribution in [0, 0.1) is 0 Å². The van der Waals surface area contributed by atoms with E-state index in [1.54, 1.807) is 20.3 Å². The lowest BCUT2D eigenvalue weighted by Crippen LogP contribution is -2.31. The van der Waals surface area contributed by atoms with Crippen molar-refractivity contribution in [2.45, 2.75) is 12.0 Å². The lowest BCUT2D eigenvalue weighted by Gasteiger charge is -2.17. The van der Waals surface area contributed by atoms with Crippen molar-refractivity contribution in [3.8, 4) is 11.5 Å². The first-order valence-corrected chi connectivity index (χ1v) is 6.78. The van der Waals surface area contributed by atoms with E-state index >= 15 is 0 Å². The minimum absolute atomic E-state index is 0.0557. The Bertz CT molecular complexity index is 682. The third kappa shape index (κ3) is 2.08. The molecule has 2 atom stereocenters. The molecule has 0 amide bonds. The number of Topliss-reactive ketones (excluding diaryl/α,β-unsaturated/α-hetero) is 1. The molecule has 2 aromatic rings. The molecule has 0 saturated carbocycles. The van der Waals surface area contributed by atoms with Crippen LogP contribution in [0.3, 0.4) is 0 Å². The van der Waals surface area contributed by atoms with Crippen molar-refractivity contribution in [2.24, 2.45) is 5.73 Å². The van der Waals surface area contributed by atoms with Crippen LogP contribution in [0.2, 0.25) is 0 Å². The largest absolute Gasteiger partial charge is 0.493 e. The van der Waals surface area contributed by atoms with Gasteiger partial charge in [0.15, 0.2) is 17.3 Å². The first kappa shape index (κ1) is 13.6. The zero-order valence-corrected chi connectivity index (χ0v) is 12.0. The van der Waals surface area contributed by atoms with E-state index in [4.69, 9.17) is 15.2 Å². The maximum absolute atomic E-state index is 12.4. The molecule has 0 unspecified atom stereocenters. The quantitative estimate of drug-likeness (QED) is 0.939. The highest BCUT2D eigenvalue weighted by atomic mass is 16.5. The van der Waals surface area contributed by atoms with Gasteiger partial charge >= 0.3 is 0 Å². The Balaban J connectivity index is 2.18. The van der Waals surface area contributed by atoms with Crippen LogP contribution in [0.5, 0.6) is 11.5 Å². The van der Waals surface area contributed by atoms with E-state index < -0.39 is 6.04 Å². The van der Waals surface area contributed by atoms with Crippen LogP contribution in [-0.2, 0) is 0 Å². The summed E-state index contributed by atoms with van der Waals surface area (Å²) in [6.45, 7) is 0. The summed E-state index contributed by atoms with van der Waals surface area (Å²) >= 11 is 0. The van der Waals surface area contributed by atoms with Gasteiger partial charge in [-0.25, -0.2) is 0 Å². The van der Waals surface area contributed by atoms with Gasteiger partial charge in [-0.1, -0.05) is 30.3 Å². The second-order valence-electron chi connectivity index (χ2n) is 5.07. The normalized spacial score (nSPS) is 20.2. The Hall–Kier alpha value is -2.33. The first-order chi connectivity index (χ1) is 10.2. The highest BCUT2D eigenvalue weighted by Crippen LogP contribution is 2.42. The molecule has 2 N–H and O–H groups in total. The number of hydrogen-bond acceptors (Lipinski definition) is 4. The van der Waals surface area contributed by atoms with Gasteiger partial charge in [0.25, 0.3) is 0 Å². The summed E-state index contributed by atoms with van der Waals surface area (Å²) in [7, 11) is 3.14. The topological polar surface area (TPSA) is 61.6 Å². The van der Waals surface area contributed by atoms with Crippen molar-refractivity contribution in [3.63, 3.8) is 0 Å². The van der Waals surface area contributed by atoms with Crippen LogP contribution in [0.1, 0.15) is 27.4 Å². The van der Waals surface area contributed by atoms with Crippen LogP contribution in [0.4, 0.5) is 0 Å². The van der Waals surface area contributed by atoms with Crippen molar-refractivity contribution in [1.82, 2.24) is 0 Å².